The van der Waals surface area contributed by atoms with Crippen molar-refractivity contribution in [1.82, 2.24) is 9.55 Å². The van der Waals surface area contributed by atoms with Crippen molar-refractivity contribution >= 4 is 5.69 Å². The predicted molar refractivity (Wildman–Crippen MR) is 83.1 cm³/mol. The second-order valence-corrected chi connectivity index (χ2v) is 5.58. The summed E-state index contributed by atoms with van der Waals surface area (Å²) in [5.74, 6) is 1.90. The summed E-state index contributed by atoms with van der Waals surface area (Å²) in [6.07, 6.45) is 8.70. The van der Waals surface area contributed by atoms with Gasteiger partial charge in [-0.3, -0.25) is 0 Å². The molecule has 0 saturated carbocycles. The highest BCUT2D eigenvalue weighted by Crippen LogP contribution is 2.34. The van der Waals surface area contributed by atoms with E-state index in [1.165, 1.54) is 36.3 Å². The third-order valence-corrected chi connectivity index (χ3v) is 4.19. The number of fused-ring (bicyclic) bond motifs is 1. The van der Waals surface area contributed by atoms with Crippen LogP contribution in [0.15, 0.2) is 36.7 Å². The lowest BCUT2D eigenvalue weighted by molar-refractivity contribution is 0.549. The van der Waals surface area contributed by atoms with Gasteiger partial charge in [-0.25, -0.2) is 4.98 Å². The molecule has 1 aromatic heterocycles. The number of rotatable bonds is 5. The van der Waals surface area contributed by atoms with Crippen molar-refractivity contribution in [1.29, 1.82) is 0 Å². The Kier molecular flexibility index (Phi) is 4.05. The summed E-state index contributed by atoms with van der Waals surface area (Å²) in [4.78, 5) is 4.52. The van der Waals surface area contributed by atoms with Gasteiger partial charge in [0.1, 0.15) is 5.82 Å². The summed E-state index contributed by atoms with van der Waals surface area (Å²) in [5, 5.41) is 3.50. The molecule has 2 heterocycles. The smallest absolute Gasteiger partial charge is 0.108 e. The van der Waals surface area contributed by atoms with Gasteiger partial charge in [0.25, 0.3) is 0 Å². The molecule has 1 N–H and O–H groups in total. The molecule has 3 rings (SSSR count). The molecule has 1 aliphatic heterocycles. The number of hydrogen-bond donors (Lipinski definition) is 1. The van der Waals surface area contributed by atoms with Gasteiger partial charge in [0.05, 0.1) is 0 Å². The standard InChI is InChI=1S/C17H23N3/c1-2-12-20-13-11-19-17(20)8-7-14-9-10-18-16-6-4-3-5-15(14)16/h3-6,11,13-14,18H,2,7-10,12H2,1H3. The van der Waals surface area contributed by atoms with Crippen molar-refractivity contribution in [3.63, 3.8) is 0 Å². The lowest BCUT2D eigenvalue weighted by Crippen LogP contribution is -2.17. The fourth-order valence-electron chi connectivity index (χ4n) is 3.17. The first-order chi connectivity index (χ1) is 9.88. The number of anilines is 1. The maximum Gasteiger partial charge on any atom is 0.108 e. The summed E-state index contributed by atoms with van der Waals surface area (Å²) < 4.78 is 2.30. The van der Waals surface area contributed by atoms with Crippen LogP contribution < -0.4 is 5.32 Å². The molecule has 0 saturated heterocycles. The van der Waals surface area contributed by atoms with E-state index < -0.39 is 0 Å². The summed E-state index contributed by atoms with van der Waals surface area (Å²) in [5.41, 5.74) is 2.80. The normalized spacial score (nSPS) is 17.6. The average molecular weight is 269 g/mol. The predicted octanol–water partition coefficient (Wildman–Crippen LogP) is 3.83. The Morgan fingerprint density at radius 1 is 1.35 bits per heavy atom. The van der Waals surface area contributed by atoms with Crippen LogP contribution in [0, 0.1) is 0 Å². The topological polar surface area (TPSA) is 29.9 Å². The molecule has 1 aromatic carbocycles. The van der Waals surface area contributed by atoms with E-state index in [2.05, 4.69) is 52.3 Å². The quantitative estimate of drug-likeness (QED) is 0.894. The molecule has 1 unspecified atom stereocenters. The molecule has 0 bridgehead atoms. The van der Waals surface area contributed by atoms with Crippen LogP contribution in [0.5, 0.6) is 0 Å². The number of benzene rings is 1. The van der Waals surface area contributed by atoms with Crippen molar-refractivity contribution in [3.05, 3.63) is 48.0 Å². The Hall–Kier alpha value is -1.77. The molecule has 106 valence electrons. The molecule has 2 aromatic rings. The lowest BCUT2D eigenvalue weighted by Gasteiger charge is -2.26. The number of nitrogens with zero attached hydrogens (tertiary/aromatic N) is 2. The first kappa shape index (κ1) is 13.2. The van der Waals surface area contributed by atoms with Crippen molar-refractivity contribution < 1.29 is 0 Å². The molecule has 20 heavy (non-hydrogen) atoms. The van der Waals surface area contributed by atoms with E-state index in [-0.39, 0.29) is 0 Å². The molecule has 1 aliphatic rings. The highest BCUT2D eigenvalue weighted by atomic mass is 15.1. The second kappa shape index (κ2) is 6.12. The third kappa shape index (κ3) is 2.72. The average Bonchev–Trinajstić information content (AvgIpc) is 2.93. The molecule has 0 radical (unpaired) electrons. The van der Waals surface area contributed by atoms with E-state index in [0.717, 1.165) is 19.5 Å². The fourth-order valence-corrected chi connectivity index (χ4v) is 3.17. The van der Waals surface area contributed by atoms with Crippen molar-refractivity contribution in [2.75, 3.05) is 11.9 Å². The minimum Gasteiger partial charge on any atom is -0.385 e. The number of nitrogens with one attached hydrogen (secondary N) is 1. The van der Waals surface area contributed by atoms with Crippen LogP contribution in [0.2, 0.25) is 0 Å². The van der Waals surface area contributed by atoms with Gasteiger partial charge in [0.15, 0.2) is 0 Å². The van der Waals surface area contributed by atoms with Gasteiger partial charge in [-0.05, 0) is 36.8 Å². The monoisotopic (exact) mass is 269 g/mol. The number of imidazole rings is 1. The van der Waals surface area contributed by atoms with Gasteiger partial charge < -0.3 is 9.88 Å². The van der Waals surface area contributed by atoms with Gasteiger partial charge in [-0.2, -0.15) is 0 Å². The van der Waals surface area contributed by atoms with E-state index in [1.807, 2.05) is 6.20 Å². The van der Waals surface area contributed by atoms with Crippen LogP contribution in [-0.4, -0.2) is 16.1 Å². The highest BCUT2D eigenvalue weighted by Gasteiger charge is 2.19. The first-order valence-electron chi connectivity index (χ1n) is 7.71. The van der Waals surface area contributed by atoms with E-state index in [0.29, 0.717) is 5.92 Å². The Bertz CT molecular complexity index is 559. The Morgan fingerprint density at radius 3 is 3.15 bits per heavy atom. The van der Waals surface area contributed by atoms with Crippen molar-refractivity contribution in [3.8, 4) is 0 Å². The van der Waals surface area contributed by atoms with E-state index in [1.54, 1.807) is 0 Å². The maximum atomic E-state index is 4.52. The van der Waals surface area contributed by atoms with Gasteiger partial charge >= 0.3 is 0 Å². The van der Waals surface area contributed by atoms with Crippen LogP contribution >= 0.6 is 0 Å². The fraction of sp³-hybridized carbons (Fsp3) is 0.471. The second-order valence-electron chi connectivity index (χ2n) is 5.58. The number of para-hydroxylation sites is 1. The Labute approximate surface area is 121 Å². The summed E-state index contributed by atoms with van der Waals surface area (Å²) in [6, 6.07) is 8.73. The zero-order valence-electron chi connectivity index (χ0n) is 12.2. The molecular weight excluding hydrogens is 246 g/mol. The largest absolute Gasteiger partial charge is 0.385 e. The van der Waals surface area contributed by atoms with E-state index >= 15 is 0 Å². The molecule has 0 aliphatic carbocycles. The lowest BCUT2D eigenvalue weighted by atomic mass is 9.87. The van der Waals surface area contributed by atoms with E-state index in [9.17, 15) is 0 Å². The van der Waals surface area contributed by atoms with Crippen molar-refractivity contribution in [2.24, 2.45) is 0 Å². The zero-order chi connectivity index (χ0) is 13.8. The van der Waals surface area contributed by atoms with Crippen molar-refractivity contribution in [2.45, 2.75) is 45.1 Å². The molecule has 0 spiro atoms. The van der Waals surface area contributed by atoms with Gasteiger partial charge in [0.2, 0.25) is 0 Å². The number of aromatic nitrogens is 2. The number of hydrogen-bond acceptors (Lipinski definition) is 2. The van der Waals surface area contributed by atoms with Crippen LogP contribution in [0.4, 0.5) is 5.69 Å². The molecule has 0 amide bonds. The molecule has 3 heteroatoms. The van der Waals surface area contributed by atoms with E-state index in [4.69, 9.17) is 0 Å². The van der Waals surface area contributed by atoms with Crippen LogP contribution in [0.25, 0.3) is 0 Å². The van der Waals surface area contributed by atoms with Gasteiger partial charge in [-0.1, -0.05) is 25.1 Å². The van der Waals surface area contributed by atoms with Crippen LogP contribution in [-0.2, 0) is 13.0 Å². The number of aryl methyl sites for hydroxylation is 2. The minimum atomic E-state index is 0.666. The Balaban J connectivity index is 1.69. The molecular formula is C17H23N3. The minimum absolute atomic E-state index is 0.666. The van der Waals surface area contributed by atoms with Crippen LogP contribution in [0.1, 0.15) is 43.5 Å². The van der Waals surface area contributed by atoms with Crippen LogP contribution in [0.3, 0.4) is 0 Å². The first-order valence-corrected chi connectivity index (χ1v) is 7.71. The van der Waals surface area contributed by atoms with Gasteiger partial charge in [0, 0.05) is 37.6 Å². The zero-order valence-corrected chi connectivity index (χ0v) is 12.2. The molecule has 0 fully saturated rings. The SMILES string of the molecule is CCCn1ccnc1CCC1CCNc2ccccc21. The molecule has 1 atom stereocenters. The molecule has 3 nitrogen and oxygen atoms in total. The van der Waals surface area contributed by atoms with Gasteiger partial charge in [-0.15, -0.1) is 0 Å². The third-order valence-electron chi connectivity index (χ3n) is 4.19. The maximum absolute atomic E-state index is 4.52. The summed E-state index contributed by atoms with van der Waals surface area (Å²) in [6.45, 7) is 4.38. The summed E-state index contributed by atoms with van der Waals surface area (Å²) in [7, 11) is 0. The highest BCUT2D eigenvalue weighted by molar-refractivity contribution is 5.54. The Morgan fingerprint density at radius 2 is 2.25 bits per heavy atom. The summed E-state index contributed by atoms with van der Waals surface area (Å²) >= 11 is 0.